The number of nitrogens with zero attached hydrogens (tertiary/aromatic N) is 4. The minimum absolute atomic E-state index is 0.125. The third kappa shape index (κ3) is 5.85. The van der Waals surface area contributed by atoms with Crippen LogP contribution >= 0.6 is 0 Å². The first-order valence-corrected chi connectivity index (χ1v) is 14.4. The second-order valence-corrected chi connectivity index (χ2v) is 11.0. The summed E-state index contributed by atoms with van der Waals surface area (Å²) >= 11 is 0. The maximum absolute atomic E-state index is 14.1. The lowest BCUT2D eigenvalue weighted by Gasteiger charge is -2.40. The summed E-state index contributed by atoms with van der Waals surface area (Å²) < 4.78 is 0. The summed E-state index contributed by atoms with van der Waals surface area (Å²) in [5.74, 6) is -1.68. The summed E-state index contributed by atoms with van der Waals surface area (Å²) in [6, 6.07) is 22.7. The van der Waals surface area contributed by atoms with Gasteiger partial charge in [0.15, 0.2) is 0 Å². The highest BCUT2D eigenvalue weighted by molar-refractivity contribution is 6.03. The van der Waals surface area contributed by atoms with Gasteiger partial charge in [0.05, 0.1) is 11.1 Å². The van der Waals surface area contributed by atoms with Crippen LogP contribution in [0.2, 0.25) is 0 Å². The summed E-state index contributed by atoms with van der Waals surface area (Å²) in [5, 5.41) is 12.2. The molecule has 218 valence electrons. The number of hydrogen-bond acceptors (Lipinski definition) is 6. The first kappa shape index (κ1) is 28.1. The Kier molecular flexibility index (Phi) is 7.89. The molecule has 9 nitrogen and oxygen atoms in total. The molecule has 4 aromatic rings. The molecule has 1 aromatic heterocycles. The van der Waals surface area contributed by atoms with Crippen LogP contribution in [0.25, 0.3) is 11.1 Å². The molecule has 2 N–H and O–H groups in total. The number of nitrogens with one attached hydrogen (secondary N) is 1. The van der Waals surface area contributed by atoms with Gasteiger partial charge in [-0.15, -0.1) is 0 Å². The Labute approximate surface area is 250 Å². The Bertz CT molecular complexity index is 1650. The van der Waals surface area contributed by atoms with Crippen LogP contribution in [0.4, 0.5) is 11.4 Å². The van der Waals surface area contributed by atoms with Crippen molar-refractivity contribution in [3.05, 3.63) is 114 Å². The highest BCUT2D eigenvalue weighted by Gasteiger charge is 2.38. The fourth-order valence-electron chi connectivity index (χ4n) is 5.91. The fourth-order valence-corrected chi connectivity index (χ4v) is 5.91. The Morgan fingerprint density at radius 3 is 2.28 bits per heavy atom. The highest BCUT2D eigenvalue weighted by Crippen LogP contribution is 2.37. The van der Waals surface area contributed by atoms with E-state index in [2.05, 4.69) is 33.2 Å². The van der Waals surface area contributed by atoms with Crippen LogP contribution in [0.1, 0.15) is 37.9 Å². The monoisotopic (exact) mass is 575 g/mol. The molecule has 2 aliphatic rings. The van der Waals surface area contributed by atoms with Crippen LogP contribution in [-0.2, 0) is 11.2 Å². The van der Waals surface area contributed by atoms with E-state index in [1.165, 1.54) is 12.1 Å². The van der Waals surface area contributed by atoms with Gasteiger partial charge in [-0.2, -0.15) is 0 Å². The Hall–Kier alpha value is -5.02. The number of amides is 2. The minimum atomic E-state index is -1.04. The number of aromatic carboxylic acids is 1. The molecule has 0 bridgehead atoms. The number of carbonyl (C=O) groups is 3. The average Bonchev–Trinajstić information content (AvgIpc) is 3.04. The first-order chi connectivity index (χ1) is 20.9. The largest absolute Gasteiger partial charge is 0.478 e. The van der Waals surface area contributed by atoms with E-state index in [9.17, 15) is 19.5 Å². The number of carbonyl (C=O) groups excluding carboxylic acids is 2. The van der Waals surface area contributed by atoms with Crippen molar-refractivity contribution in [2.45, 2.75) is 12.5 Å². The molecule has 9 heteroatoms. The van der Waals surface area contributed by atoms with E-state index in [1.807, 2.05) is 48.5 Å². The van der Waals surface area contributed by atoms with Gasteiger partial charge < -0.3 is 25.1 Å². The molecule has 0 saturated carbocycles. The maximum Gasteiger partial charge on any atom is 0.335 e. The van der Waals surface area contributed by atoms with Gasteiger partial charge in [0.1, 0.15) is 6.04 Å². The van der Waals surface area contributed by atoms with Crippen LogP contribution < -0.4 is 10.2 Å². The molecule has 3 aromatic carbocycles. The smallest absolute Gasteiger partial charge is 0.335 e. The van der Waals surface area contributed by atoms with Gasteiger partial charge in [-0.05, 0) is 66.6 Å². The van der Waals surface area contributed by atoms with Gasteiger partial charge in [-0.1, -0.05) is 42.5 Å². The van der Waals surface area contributed by atoms with Crippen molar-refractivity contribution in [3.8, 4) is 11.1 Å². The number of rotatable bonds is 6. The average molecular weight is 576 g/mol. The van der Waals surface area contributed by atoms with E-state index < -0.39 is 12.0 Å². The molecule has 0 aliphatic carbocycles. The number of benzene rings is 3. The summed E-state index contributed by atoms with van der Waals surface area (Å²) in [7, 11) is 2.12. The number of aromatic nitrogens is 1. The van der Waals surface area contributed by atoms with Crippen molar-refractivity contribution in [2.75, 3.05) is 50.0 Å². The topological polar surface area (TPSA) is 106 Å². The van der Waals surface area contributed by atoms with Gasteiger partial charge in [0.2, 0.25) is 0 Å². The van der Waals surface area contributed by atoms with Gasteiger partial charge in [0, 0.05) is 62.1 Å². The predicted molar refractivity (Wildman–Crippen MR) is 165 cm³/mol. The zero-order chi connectivity index (χ0) is 29.9. The first-order valence-electron chi connectivity index (χ1n) is 14.4. The molecule has 2 amide bonds. The number of hydrogen-bond donors (Lipinski definition) is 2. The number of likely N-dealkylation sites (N-methyl/N-ethyl adjacent to an activating group) is 1. The molecule has 0 radical (unpaired) electrons. The van der Waals surface area contributed by atoms with E-state index in [-0.39, 0.29) is 17.4 Å². The molecule has 1 fully saturated rings. The third-order valence-corrected chi connectivity index (χ3v) is 8.24. The summed E-state index contributed by atoms with van der Waals surface area (Å²) in [5.41, 5.74) is 5.73. The van der Waals surface area contributed by atoms with Gasteiger partial charge in [-0.3, -0.25) is 14.6 Å². The number of carboxylic acid groups (broad SMARTS) is 1. The molecule has 2 aliphatic heterocycles. The molecule has 0 spiro atoms. The van der Waals surface area contributed by atoms with Crippen LogP contribution in [0.5, 0.6) is 0 Å². The normalized spacial score (nSPS) is 16.8. The molecular formula is C34H33N5O4. The summed E-state index contributed by atoms with van der Waals surface area (Å²) in [6.45, 7) is 4.05. The van der Waals surface area contributed by atoms with Crippen molar-refractivity contribution in [1.29, 1.82) is 0 Å². The van der Waals surface area contributed by atoms with Crippen LogP contribution in [0.3, 0.4) is 0 Å². The van der Waals surface area contributed by atoms with Crippen LogP contribution in [0, 0.1) is 0 Å². The Morgan fingerprint density at radius 2 is 1.56 bits per heavy atom. The number of piperazine rings is 1. The van der Waals surface area contributed by atoms with Crippen molar-refractivity contribution in [3.63, 3.8) is 0 Å². The quantitative estimate of drug-likeness (QED) is 0.347. The van der Waals surface area contributed by atoms with E-state index in [1.54, 1.807) is 29.4 Å². The van der Waals surface area contributed by atoms with Gasteiger partial charge in [0.25, 0.3) is 11.8 Å². The van der Waals surface area contributed by atoms with Crippen LogP contribution in [0.15, 0.2) is 91.3 Å². The zero-order valence-corrected chi connectivity index (χ0v) is 23.9. The zero-order valence-electron chi connectivity index (χ0n) is 23.9. The molecule has 1 unspecified atom stereocenters. The lowest BCUT2D eigenvalue weighted by molar-refractivity contribution is -0.121. The number of fused-ring (bicyclic) bond motifs is 1. The Balaban J connectivity index is 1.36. The maximum atomic E-state index is 14.1. The van der Waals surface area contributed by atoms with E-state index in [4.69, 9.17) is 0 Å². The molecule has 3 heterocycles. The van der Waals surface area contributed by atoms with E-state index in [0.29, 0.717) is 24.2 Å². The van der Waals surface area contributed by atoms with Crippen molar-refractivity contribution in [2.24, 2.45) is 0 Å². The van der Waals surface area contributed by atoms with E-state index >= 15 is 0 Å². The number of pyridine rings is 1. The summed E-state index contributed by atoms with van der Waals surface area (Å²) in [6.07, 6.45) is 3.89. The van der Waals surface area contributed by atoms with Crippen LogP contribution in [-0.4, -0.2) is 77.4 Å². The second-order valence-electron chi connectivity index (χ2n) is 11.0. The highest BCUT2D eigenvalue weighted by atomic mass is 16.4. The van der Waals surface area contributed by atoms with Crippen molar-refractivity contribution >= 4 is 29.2 Å². The van der Waals surface area contributed by atoms with Crippen molar-refractivity contribution < 1.29 is 19.5 Å². The lowest BCUT2D eigenvalue weighted by Crippen LogP contribution is -2.47. The SMILES string of the molecule is CN1CCN(c2cccc3c2CCN(C(=O)c2cncc(-c4ccccc4)c2)C3C(=O)Nc2ccc(C(=O)O)cc2)CC1. The molecule has 6 rings (SSSR count). The van der Waals surface area contributed by atoms with Gasteiger partial charge in [-0.25, -0.2) is 4.79 Å². The molecule has 1 saturated heterocycles. The fraction of sp³-hybridized carbons (Fsp3) is 0.235. The Morgan fingerprint density at radius 1 is 0.814 bits per heavy atom. The molecule has 43 heavy (non-hydrogen) atoms. The molecule has 1 atom stereocenters. The second kappa shape index (κ2) is 12.1. The molecular weight excluding hydrogens is 542 g/mol. The number of anilines is 2. The predicted octanol–water partition coefficient (Wildman–Crippen LogP) is 4.58. The lowest BCUT2D eigenvalue weighted by atomic mass is 9.89. The third-order valence-electron chi connectivity index (χ3n) is 8.24. The summed E-state index contributed by atoms with van der Waals surface area (Å²) in [4.78, 5) is 50.2. The number of carboxylic acids is 1. The van der Waals surface area contributed by atoms with E-state index in [0.717, 1.165) is 54.1 Å². The van der Waals surface area contributed by atoms with Crippen molar-refractivity contribution in [1.82, 2.24) is 14.8 Å². The minimum Gasteiger partial charge on any atom is -0.478 e. The standard InChI is InChI=1S/C34H33N5O4/c1-37-16-18-38(19-17-37)30-9-5-8-29-28(30)14-15-39(31(29)32(40)36-27-12-10-24(11-13-27)34(42)43)33(41)26-20-25(21-35-22-26)23-6-3-2-4-7-23/h2-13,20-22,31H,14-19H2,1H3,(H,36,40)(H,42,43). The van der Waals surface area contributed by atoms with Gasteiger partial charge >= 0.3 is 5.97 Å².